The number of nitrogens with zero attached hydrogens (tertiary/aromatic N) is 2. The topological polar surface area (TPSA) is 50.5 Å². The summed E-state index contributed by atoms with van der Waals surface area (Å²) in [4.78, 5) is 6.24. The highest BCUT2D eigenvalue weighted by Gasteiger charge is 2.16. The molecule has 0 radical (unpaired) electrons. The number of pyridine rings is 1. The van der Waals surface area contributed by atoms with Gasteiger partial charge in [0.05, 0.1) is 12.3 Å². The van der Waals surface area contributed by atoms with Crippen LogP contribution >= 0.6 is 11.6 Å². The van der Waals surface area contributed by atoms with Crippen LogP contribution in [0.1, 0.15) is 22.9 Å². The van der Waals surface area contributed by atoms with Crippen LogP contribution in [0.15, 0.2) is 65.5 Å². The van der Waals surface area contributed by atoms with Crippen molar-refractivity contribution in [2.45, 2.75) is 19.2 Å². The fraction of sp³-hybridized carbons (Fsp3) is 0.286. The standard InChI is InChI=1S/C21H24ClN3O2/c1-25(2)19(21-6-4-10-26-21)14-24-13-17-11-18(22)7-8-20(17)27-15-16-5-3-9-23-12-16/h3-12,19,24H,13-15H2,1-2H3. The van der Waals surface area contributed by atoms with Crippen LogP contribution in [0.25, 0.3) is 0 Å². The van der Waals surface area contributed by atoms with Gasteiger partial charge in [0.1, 0.15) is 18.1 Å². The van der Waals surface area contributed by atoms with Gasteiger partial charge in [0.2, 0.25) is 0 Å². The largest absolute Gasteiger partial charge is 0.489 e. The van der Waals surface area contributed by atoms with E-state index >= 15 is 0 Å². The lowest BCUT2D eigenvalue weighted by molar-refractivity contribution is 0.249. The van der Waals surface area contributed by atoms with Gasteiger partial charge in [0.25, 0.3) is 0 Å². The predicted octanol–water partition coefficient (Wildman–Crippen LogP) is 4.30. The number of rotatable bonds is 9. The molecule has 3 rings (SSSR count). The zero-order chi connectivity index (χ0) is 19.1. The summed E-state index contributed by atoms with van der Waals surface area (Å²) in [6.45, 7) is 1.86. The Kier molecular flexibility index (Phi) is 6.87. The average molecular weight is 386 g/mol. The second kappa shape index (κ2) is 9.55. The Hall–Kier alpha value is -2.34. The van der Waals surface area contributed by atoms with Crippen LogP contribution < -0.4 is 10.1 Å². The van der Waals surface area contributed by atoms with Crippen LogP contribution in [0.4, 0.5) is 0 Å². The molecule has 2 aromatic heterocycles. The lowest BCUT2D eigenvalue weighted by atomic mass is 10.1. The van der Waals surface area contributed by atoms with Crippen LogP contribution in [-0.2, 0) is 13.2 Å². The van der Waals surface area contributed by atoms with Gasteiger partial charge in [0, 0.05) is 41.6 Å². The molecule has 1 N–H and O–H groups in total. The van der Waals surface area contributed by atoms with Crippen LogP contribution in [-0.4, -0.2) is 30.5 Å². The highest BCUT2D eigenvalue weighted by Crippen LogP contribution is 2.24. The maximum atomic E-state index is 6.19. The van der Waals surface area contributed by atoms with Crippen LogP contribution in [0.5, 0.6) is 5.75 Å². The van der Waals surface area contributed by atoms with Gasteiger partial charge in [-0.15, -0.1) is 0 Å². The molecule has 3 aromatic rings. The van der Waals surface area contributed by atoms with E-state index in [0.717, 1.165) is 29.2 Å². The normalized spacial score (nSPS) is 12.3. The molecule has 142 valence electrons. The summed E-state index contributed by atoms with van der Waals surface area (Å²) in [5.41, 5.74) is 2.04. The van der Waals surface area contributed by atoms with Crippen molar-refractivity contribution in [1.29, 1.82) is 0 Å². The first-order chi connectivity index (χ1) is 13.1. The zero-order valence-electron chi connectivity index (χ0n) is 15.6. The summed E-state index contributed by atoms with van der Waals surface area (Å²) in [5.74, 6) is 1.75. The Bertz CT molecular complexity index is 823. The zero-order valence-corrected chi connectivity index (χ0v) is 16.3. The van der Waals surface area contributed by atoms with Crippen molar-refractivity contribution in [3.8, 4) is 5.75 Å². The van der Waals surface area contributed by atoms with Gasteiger partial charge in [0.15, 0.2) is 0 Å². The molecule has 0 fully saturated rings. The van der Waals surface area contributed by atoms with E-state index in [4.69, 9.17) is 20.8 Å². The second-order valence-corrected chi connectivity index (χ2v) is 6.96. The van der Waals surface area contributed by atoms with Crippen molar-refractivity contribution < 1.29 is 9.15 Å². The van der Waals surface area contributed by atoms with Crippen molar-refractivity contribution in [3.05, 3.63) is 83.0 Å². The van der Waals surface area contributed by atoms with Gasteiger partial charge in [-0.05, 0) is 50.5 Å². The van der Waals surface area contributed by atoms with E-state index in [-0.39, 0.29) is 6.04 Å². The van der Waals surface area contributed by atoms with Crippen molar-refractivity contribution in [1.82, 2.24) is 15.2 Å². The van der Waals surface area contributed by atoms with Gasteiger partial charge in [-0.2, -0.15) is 0 Å². The molecule has 0 saturated carbocycles. The molecule has 5 nitrogen and oxygen atoms in total. The molecule has 0 aliphatic rings. The Morgan fingerprint density at radius 3 is 2.81 bits per heavy atom. The minimum absolute atomic E-state index is 0.152. The lowest BCUT2D eigenvalue weighted by Crippen LogP contribution is -2.30. The molecule has 2 heterocycles. The van der Waals surface area contributed by atoms with Gasteiger partial charge in [-0.1, -0.05) is 17.7 Å². The smallest absolute Gasteiger partial charge is 0.124 e. The maximum absolute atomic E-state index is 6.19. The van der Waals surface area contributed by atoms with Gasteiger partial charge >= 0.3 is 0 Å². The first-order valence-corrected chi connectivity index (χ1v) is 9.22. The fourth-order valence-electron chi connectivity index (χ4n) is 2.83. The molecule has 1 unspecified atom stereocenters. The summed E-state index contributed by atoms with van der Waals surface area (Å²) < 4.78 is 11.5. The van der Waals surface area contributed by atoms with E-state index in [1.54, 1.807) is 18.7 Å². The van der Waals surface area contributed by atoms with Crippen LogP contribution in [0.2, 0.25) is 5.02 Å². The second-order valence-electron chi connectivity index (χ2n) is 6.53. The van der Waals surface area contributed by atoms with Crippen LogP contribution in [0.3, 0.4) is 0 Å². The summed E-state index contributed by atoms with van der Waals surface area (Å²) >= 11 is 6.19. The number of hydrogen-bond acceptors (Lipinski definition) is 5. The molecule has 27 heavy (non-hydrogen) atoms. The number of nitrogens with one attached hydrogen (secondary N) is 1. The number of hydrogen-bond donors (Lipinski definition) is 1. The van der Waals surface area contributed by atoms with Crippen molar-refractivity contribution >= 4 is 11.6 Å². The first kappa shape index (κ1) is 19.4. The summed E-state index contributed by atoms with van der Waals surface area (Å²) in [7, 11) is 4.08. The third-order valence-electron chi connectivity index (χ3n) is 4.29. The van der Waals surface area contributed by atoms with E-state index in [9.17, 15) is 0 Å². The van der Waals surface area contributed by atoms with Gasteiger partial charge < -0.3 is 14.5 Å². The minimum atomic E-state index is 0.152. The molecule has 0 aliphatic carbocycles. The van der Waals surface area contributed by atoms with E-state index in [0.29, 0.717) is 18.2 Å². The molecule has 0 spiro atoms. The van der Waals surface area contributed by atoms with E-state index in [1.165, 1.54) is 0 Å². The average Bonchev–Trinajstić information content (AvgIpc) is 3.19. The van der Waals surface area contributed by atoms with Crippen LogP contribution in [0, 0.1) is 0 Å². The summed E-state index contributed by atoms with van der Waals surface area (Å²) in [6.07, 6.45) is 5.26. The number of furan rings is 1. The van der Waals surface area contributed by atoms with Crippen molar-refractivity contribution in [2.75, 3.05) is 20.6 Å². The van der Waals surface area contributed by atoms with Gasteiger partial charge in [-0.3, -0.25) is 9.88 Å². The summed E-state index contributed by atoms with van der Waals surface area (Å²) in [6, 6.07) is 13.6. The number of ether oxygens (including phenoxy) is 1. The highest BCUT2D eigenvalue weighted by molar-refractivity contribution is 6.30. The SMILES string of the molecule is CN(C)C(CNCc1cc(Cl)ccc1OCc1cccnc1)c1ccco1. The lowest BCUT2D eigenvalue weighted by Gasteiger charge is -2.23. The Morgan fingerprint density at radius 1 is 1.22 bits per heavy atom. The molecule has 0 amide bonds. The van der Waals surface area contributed by atoms with E-state index < -0.39 is 0 Å². The van der Waals surface area contributed by atoms with E-state index in [2.05, 4.69) is 15.2 Å². The molecule has 0 aliphatic heterocycles. The quantitative estimate of drug-likeness (QED) is 0.595. The van der Waals surface area contributed by atoms with E-state index in [1.807, 2.05) is 56.6 Å². The third-order valence-corrected chi connectivity index (χ3v) is 4.52. The Balaban J connectivity index is 1.62. The fourth-order valence-corrected chi connectivity index (χ4v) is 3.03. The molecular formula is C21H24ClN3O2. The minimum Gasteiger partial charge on any atom is -0.489 e. The molecular weight excluding hydrogens is 362 g/mol. The highest BCUT2D eigenvalue weighted by atomic mass is 35.5. The number of halogens is 1. The number of aromatic nitrogens is 1. The Labute approximate surface area is 164 Å². The Morgan fingerprint density at radius 2 is 2.11 bits per heavy atom. The third kappa shape index (κ3) is 5.57. The number of benzene rings is 1. The van der Waals surface area contributed by atoms with Crippen molar-refractivity contribution in [2.24, 2.45) is 0 Å². The summed E-state index contributed by atoms with van der Waals surface area (Å²) in [5, 5.41) is 4.18. The van der Waals surface area contributed by atoms with Gasteiger partial charge in [-0.25, -0.2) is 0 Å². The maximum Gasteiger partial charge on any atom is 0.124 e. The predicted molar refractivity (Wildman–Crippen MR) is 107 cm³/mol. The molecule has 1 atom stereocenters. The molecule has 0 saturated heterocycles. The number of likely N-dealkylation sites (N-methyl/N-ethyl adjacent to an activating group) is 1. The molecule has 0 bridgehead atoms. The molecule has 1 aromatic carbocycles. The van der Waals surface area contributed by atoms with Crippen molar-refractivity contribution in [3.63, 3.8) is 0 Å². The molecule has 6 heteroatoms. The monoisotopic (exact) mass is 385 g/mol. The first-order valence-electron chi connectivity index (χ1n) is 8.84.